The third kappa shape index (κ3) is 6.20. The van der Waals surface area contributed by atoms with E-state index in [1.54, 1.807) is 7.11 Å². The molecular formula is C28H33N3O4S. The van der Waals surface area contributed by atoms with Crippen molar-refractivity contribution < 1.29 is 14.6 Å². The van der Waals surface area contributed by atoms with Crippen LogP contribution in [0.5, 0.6) is 5.75 Å². The molecule has 0 bridgehead atoms. The van der Waals surface area contributed by atoms with E-state index in [0.29, 0.717) is 42.3 Å². The molecule has 2 aromatic carbocycles. The first-order valence-corrected chi connectivity index (χ1v) is 12.9. The lowest BCUT2D eigenvalue weighted by molar-refractivity contribution is 0.0531. The summed E-state index contributed by atoms with van der Waals surface area (Å²) >= 11 is 1.47. The van der Waals surface area contributed by atoms with Gasteiger partial charge in [-0.1, -0.05) is 42.0 Å². The second kappa shape index (κ2) is 11.8. The highest BCUT2D eigenvalue weighted by atomic mass is 32.1. The van der Waals surface area contributed by atoms with Crippen molar-refractivity contribution >= 4 is 21.6 Å². The van der Waals surface area contributed by atoms with Gasteiger partial charge in [0.05, 0.1) is 18.5 Å². The largest absolute Gasteiger partial charge is 0.491 e. The van der Waals surface area contributed by atoms with Gasteiger partial charge in [-0.05, 0) is 43.5 Å². The fourth-order valence-electron chi connectivity index (χ4n) is 4.30. The van der Waals surface area contributed by atoms with Crippen LogP contribution in [0.4, 0.5) is 0 Å². The fraction of sp³-hybridized carbons (Fsp3) is 0.357. The Labute approximate surface area is 215 Å². The Kier molecular flexibility index (Phi) is 8.53. The maximum atomic E-state index is 13.1. The Bertz CT molecular complexity index is 1380. The molecule has 190 valence electrons. The highest BCUT2D eigenvalue weighted by Gasteiger charge is 2.18. The summed E-state index contributed by atoms with van der Waals surface area (Å²) in [5.41, 5.74) is 5.14. The zero-order valence-corrected chi connectivity index (χ0v) is 22.0. The van der Waals surface area contributed by atoms with E-state index >= 15 is 0 Å². The van der Waals surface area contributed by atoms with Crippen molar-refractivity contribution in [3.05, 3.63) is 80.7 Å². The second-order valence-corrected chi connectivity index (χ2v) is 9.98. The van der Waals surface area contributed by atoms with Gasteiger partial charge < -0.3 is 19.6 Å². The minimum absolute atomic E-state index is 0.152. The molecule has 0 aliphatic carbocycles. The number of rotatable bonds is 11. The van der Waals surface area contributed by atoms with Gasteiger partial charge in [0.1, 0.15) is 29.1 Å². The van der Waals surface area contributed by atoms with Gasteiger partial charge in [0.25, 0.3) is 5.56 Å². The van der Waals surface area contributed by atoms with Crippen LogP contribution in [0.1, 0.15) is 22.5 Å². The molecule has 0 amide bonds. The predicted molar refractivity (Wildman–Crippen MR) is 145 cm³/mol. The molecule has 0 saturated heterocycles. The van der Waals surface area contributed by atoms with E-state index in [2.05, 4.69) is 37.0 Å². The van der Waals surface area contributed by atoms with Crippen LogP contribution in [0.15, 0.2) is 52.6 Å². The van der Waals surface area contributed by atoms with E-state index < -0.39 is 6.10 Å². The van der Waals surface area contributed by atoms with Gasteiger partial charge in [-0.2, -0.15) is 0 Å². The Hall–Kier alpha value is -3.04. The Balaban J connectivity index is 1.50. The van der Waals surface area contributed by atoms with E-state index in [1.165, 1.54) is 16.9 Å². The van der Waals surface area contributed by atoms with Crippen LogP contribution in [-0.4, -0.2) is 59.5 Å². The third-order valence-electron chi connectivity index (χ3n) is 6.14. The molecule has 2 N–H and O–H groups in total. The molecule has 0 aliphatic rings. The molecule has 7 nitrogen and oxygen atoms in total. The number of aromatic amines is 1. The molecule has 0 aliphatic heterocycles. The van der Waals surface area contributed by atoms with Crippen LogP contribution in [0, 0.1) is 20.8 Å². The van der Waals surface area contributed by atoms with Crippen molar-refractivity contribution in [1.82, 2.24) is 14.9 Å². The number of nitrogens with one attached hydrogen (secondary N) is 1. The number of ether oxygens (including phenoxy) is 2. The maximum Gasteiger partial charge on any atom is 0.260 e. The predicted octanol–water partition coefficient (Wildman–Crippen LogP) is 4.47. The standard InChI is InChI=1S/C28H33N3O4S/c1-18-9-10-22(20(3)13-18)23-17-36-28-26(23)27(33)29-25(30-28)15-31(11-12-34-4)14-21(32)16-35-24-8-6-5-7-19(24)2/h5-10,13,17,21,32H,11-12,14-16H2,1-4H3,(H,29,30,33). The normalized spacial score (nSPS) is 12.4. The number of aliphatic hydroxyl groups excluding tert-OH is 1. The number of H-pyrrole nitrogens is 1. The molecule has 8 heteroatoms. The SMILES string of the molecule is COCCN(Cc1nc2scc(-c3ccc(C)cc3C)c2c(=O)[nH]1)CC(O)COc1ccccc1C. The number of hydrogen-bond donors (Lipinski definition) is 2. The smallest absolute Gasteiger partial charge is 0.260 e. The quantitative estimate of drug-likeness (QED) is 0.312. The number of aryl methyl sites for hydroxylation is 3. The average molecular weight is 508 g/mol. The highest BCUT2D eigenvalue weighted by Crippen LogP contribution is 2.33. The number of methoxy groups -OCH3 is 1. The van der Waals surface area contributed by atoms with Gasteiger partial charge in [-0.15, -0.1) is 11.3 Å². The summed E-state index contributed by atoms with van der Waals surface area (Å²) in [6, 6.07) is 14.0. The average Bonchev–Trinajstić information content (AvgIpc) is 3.26. The molecule has 2 aromatic heterocycles. The minimum atomic E-state index is -0.713. The van der Waals surface area contributed by atoms with Gasteiger partial charge >= 0.3 is 0 Å². The number of thiophene rings is 1. The number of para-hydroxylation sites is 1. The molecular weight excluding hydrogens is 474 g/mol. The van der Waals surface area contributed by atoms with Gasteiger partial charge in [0.15, 0.2) is 0 Å². The molecule has 1 unspecified atom stereocenters. The van der Waals surface area contributed by atoms with E-state index in [4.69, 9.17) is 14.5 Å². The first kappa shape index (κ1) is 26.0. The molecule has 1 atom stereocenters. The second-order valence-electron chi connectivity index (χ2n) is 9.12. The van der Waals surface area contributed by atoms with Crippen LogP contribution < -0.4 is 10.3 Å². The van der Waals surface area contributed by atoms with Gasteiger partial charge in [-0.25, -0.2) is 4.98 Å². The third-order valence-corrected chi connectivity index (χ3v) is 7.02. The molecule has 0 fully saturated rings. The molecule has 0 radical (unpaired) electrons. The van der Waals surface area contributed by atoms with Crippen LogP contribution in [0.25, 0.3) is 21.3 Å². The van der Waals surface area contributed by atoms with Gasteiger partial charge in [-0.3, -0.25) is 9.69 Å². The van der Waals surface area contributed by atoms with Gasteiger partial charge in [0, 0.05) is 31.1 Å². The van der Waals surface area contributed by atoms with Crippen LogP contribution in [-0.2, 0) is 11.3 Å². The first-order valence-electron chi connectivity index (χ1n) is 12.0. The van der Waals surface area contributed by atoms with Crippen molar-refractivity contribution in [3.63, 3.8) is 0 Å². The van der Waals surface area contributed by atoms with Crippen molar-refractivity contribution in [1.29, 1.82) is 0 Å². The van der Waals surface area contributed by atoms with Crippen molar-refractivity contribution in [2.45, 2.75) is 33.4 Å². The van der Waals surface area contributed by atoms with Crippen LogP contribution >= 0.6 is 11.3 Å². The number of benzene rings is 2. The summed E-state index contributed by atoms with van der Waals surface area (Å²) in [5.74, 6) is 1.32. The summed E-state index contributed by atoms with van der Waals surface area (Å²) in [6.45, 7) is 8.07. The zero-order chi connectivity index (χ0) is 25.7. The topological polar surface area (TPSA) is 87.7 Å². The van der Waals surface area contributed by atoms with Crippen molar-refractivity contribution in [2.75, 3.05) is 33.4 Å². The van der Waals surface area contributed by atoms with Crippen molar-refractivity contribution in [2.24, 2.45) is 0 Å². The van der Waals surface area contributed by atoms with Crippen LogP contribution in [0.2, 0.25) is 0 Å². The summed E-state index contributed by atoms with van der Waals surface area (Å²) in [5, 5.41) is 13.3. The maximum absolute atomic E-state index is 13.1. The molecule has 36 heavy (non-hydrogen) atoms. The number of fused-ring (bicyclic) bond motifs is 1. The Morgan fingerprint density at radius 1 is 1.11 bits per heavy atom. The number of hydrogen-bond acceptors (Lipinski definition) is 7. The summed E-state index contributed by atoms with van der Waals surface area (Å²) in [7, 11) is 1.64. The molecule has 4 aromatic rings. The minimum Gasteiger partial charge on any atom is -0.491 e. The van der Waals surface area contributed by atoms with Gasteiger partial charge in [0.2, 0.25) is 0 Å². The Morgan fingerprint density at radius 3 is 2.67 bits per heavy atom. The lowest BCUT2D eigenvalue weighted by Crippen LogP contribution is -2.38. The Morgan fingerprint density at radius 2 is 1.92 bits per heavy atom. The monoisotopic (exact) mass is 507 g/mol. The number of nitrogens with zero attached hydrogens (tertiary/aromatic N) is 2. The summed E-state index contributed by atoms with van der Waals surface area (Å²) in [6.07, 6.45) is -0.713. The van der Waals surface area contributed by atoms with E-state index in [9.17, 15) is 9.90 Å². The summed E-state index contributed by atoms with van der Waals surface area (Å²) in [4.78, 5) is 23.6. The number of aromatic nitrogens is 2. The first-order chi connectivity index (χ1) is 17.4. The molecule has 0 spiro atoms. The van der Waals surface area contributed by atoms with E-state index in [0.717, 1.165) is 28.0 Å². The zero-order valence-electron chi connectivity index (χ0n) is 21.2. The molecule has 2 heterocycles. The van der Waals surface area contributed by atoms with E-state index in [-0.39, 0.29) is 12.2 Å². The molecule has 0 saturated carbocycles. The number of aliphatic hydroxyl groups is 1. The van der Waals surface area contributed by atoms with Crippen LogP contribution in [0.3, 0.4) is 0 Å². The molecule has 4 rings (SSSR count). The lowest BCUT2D eigenvalue weighted by Gasteiger charge is -2.24. The van der Waals surface area contributed by atoms with Crippen molar-refractivity contribution in [3.8, 4) is 16.9 Å². The highest BCUT2D eigenvalue weighted by molar-refractivity contribution is 7.17. The fourth-order valence-corrected chi connectivity index (χ4v) is 5.26. The van der Waals surface area contributed by atoms with E-state index in [1.807, 2.05) is 41.5 Å². The lowest BCUT2D eigenvalue weighted by atomic mass is 9.99. The summed E-state index contributed by atoms with van der Waals surface area (Å²) < 4.78 is 11.1.